The van der Waals surface area contributed by atoms with Gasteiger partial charge in [-0.1, -0.05) is 29.5 Å². The summed E-state index contributed by atoms with van der Waals surface area (Å²) in [5.74, 6) is 0.347. The monoisotopic (exact) mass is 568 g/mol. The summed E-state index contributed by atoms with van der Waals surface area (Å²) in [6.07, 6.45) is 6.77. The van der Waals surface area contributed by atoms with Crippen molar-refractivity contribution in [2.75, 3.05) is 38.0 Å². The first-order valence-corrected chi connectivity index (χ1v) is 15.0. The normalized spacial score (nSPS) is 21.4. The molecule has 2 aliphatic heterocycles. The molecule has 2 saturated heterocycles. The topological polar surface area (TPSA) is 108 Å². The third-order valence-corrected chi connectivity index (χ3v) is 10.6. The lowest BCUT2D eigenvalue weighted by atomic mass is 10.0. The summed E-state index contributed by atoms with van der Waals surface area (Å²) in [5, 5.41) is 7.04. The van der Waals surface area contributed by atoms with Crippen LogP contribution in [-0.2, 0) is 10.0 Å². The highest BCUT2D eigenvalue weighted by molar-refractivity contribution is 7.91. The van der Waals surface area contributed by atoms with Crippen LogP contribution < -0.4 is 10.6 Å². The highest BCUT2D eigenvalue weighted by atomic mass is 32.2. The number of hydrogen-bond donors (Lipinski definition) is 2. The van der Waals surface area contributed by atoms with Crippen molar-refractivity contribution >= 4 is 32.3 Å². The van der Waals surface area contributed by atoms with Crippen LogP contribution in [0.4, 0.5) is 15.3 Å². The first kappa shape index (κ1) is 26.0. The van der Waals surface area contributed by atoms with Crippen LogP contribution in [0, 0.1) is 5.82 Å². The lowest BCUT2D eigenvalue weighted by Gasteiger charge is -2.48. The first-order chi connectivity index (χ1) is 18.9. The van der Waals surface area contributed by atoms with Gasteiger partial charge in [-0.25, -0.2) is 27.8 Å². The number of aromatic nitrogens is 4. The number of fused-ring (bicyclic) bond motifs is 1. The molecule has 0 bridgehead atoms. The molecule has 0 spiro atoms. The Hall–Kier alpha value is -3.23. The van der Waals surface area contributed by atoms with E-state index in [1.807, 2.05) is 24.7 Å². The highest BCUT2D eigenvalue weighted by Crippen LogP contribution is 2.33. The Kier molecular flexibility index (Phi) is 7.16. The van der Waals surface area contributed by atoms with Gasteiger partial charge in [-0.05, 0) is 36.8 Å². The average Bonchev–Trinajstić information content (AvgIpc) is 3.64. The smallest absolute Gasteiger partial charge is 0.254 e. The number of piperazine rings is 2. The van der Waals surface area contributed by atoms with E-state index in [0.717, 1.165) is 29.1 Å². The lowest BCUT2D eigenvalue weighted by molar-refractivity contribution is 0.0435. The second-order valence-electron chi connectivity index (χ2n) is 9.71. The summed E-state index contributed by atoms with van der Waals surface area (Å²) in [7, 11) is -3.69. The van der Waals surface area contributed by atoms with Crippen molar-refractivity contribution < 1.29 is 12.8 Å². The van der Waals surface area contributed by atoms with Gasteiger partial charge in [0.05, 0.1) is 30.3 Å². The van der Waals surface area contributed by atoms with Crippen molar-refractivity contribution in [3.8, 4) is 0 Å². The molecule has 1 aromatic carbocycles. The quantitative estimate of drug-likeness (QED) is 0.350. The zero-order valence-electron chi connectivity index (χ0n) is 21.3. The third kappa shape index (κ3) is 5.20. The number of pyridine rings is 1. The van der Waals surface area contributed by atoms with Crippen LogP contribution in [0.5, 0.6) is 0 Å². The summed E-state index contributed by atoms with van der Waals surface area (Å²) < 4.78 is 44.4. The Morgan fingerprint density at radius 1 is 1.10 bits per heavy atom. The fourth-order valence-corrected chi connectivity index (χ4v) is 8.00. The predicted octanol–water partition coefficient (Wildman–Crippen LogP) is 3.25. The molecule has 4 aromatic rings. The van der Waals surface area contributed by atoms with E-state index in [1.165, 1.54) is 18.3 Å². The minimum absolute atomic E-state index is 0.00999. The molecule has 0 radical (unpaired) electrons. The van der Waals surface area contributed by atoms with Crippen LogP contribution >= 0.6 is 11.3 Å². The summed E-state index contributed by atoms with van der Waals surface area (Å²) in [5.41, 5.74) is 2.04. The van der Waals surface area contributed by atoms with Crippen molar-refractivity contribution in [3.05, 3.63) is 84.5 Å². The van der Waals surface area contributed by atoms with E-state index in [2.05, 4.69) is 42.0 Å². The maximum Gasteiger partial charge on any atom is 0.254 e. The summed E-state index contributed by atoms with van der Waals surface area (Å²) in [6.45, 7) is 4.88. The van der Waals surface area contributed by atoms with Crippen LogP contribution in [0.3, 0.4) is 0 Å². The van der Waals surface area contributed by atoms with Gasteiger partial charge in [-0.2, -0.15) is 4.31 Å². The largest absolute Gasteiger partial charge is 0.326 e. The number of nitrogens with zero attached hydrogens (tertiary/aromatic N) is 6. The number of imidazole rings is 1. The fraction of sp³-hybridized carbons (Fsp3) is 0.346. The molecular formula is C26H29FN8O2S2. The van der Waals surface area contributed by atoms with Gasteiger partial charge in [0, 0.05) is 51.2 Å². The van der Waals surface area contributed by atoms with Crippen LogP contribution in [0.25, 0.3) is 0 Å². The summed E-state index contributed by atoms with van der Waals surface area (Å²) in [4.78, 5) is 15.3. The Bertz CT molecular complexity index is 1530. The summed E-state index contributed by atoms with van der Waals surface area (Å²) >= 11 is 1.10. The summed E-state index contributed by atoms with van der Waals surface area (Å²) in [6, 6.07) is 12.0. The van der Waals surface area contributed by atoms with Crippen molar-refractivity contribution in [2.45, 2.75) is 29.3 Å². The van der Waals surface area contributed by atoms with Gasteiger partial charge >= 0.3 is 0 Å². The minimum Gasteiger partial charge on any atom is -0.326 e. The lowest BCUT2D eigenvalue weighted by Crippen LogP contribution is -2.62. The van der Waals surface area contributed by atoms with Crippen LogP contribution in [0.15, 0.2) is 71.6 Å². The Morgan fingerprint density at radius 3 is 2.74 bits per heavy atom. The van der Waals surface area contributed by atoms with Crippen molar-refractivity contribution in [2.24, 2.45) is 0 Å². The van der Waals surface area contributed by atoms with Crippen LogP contribution in [0.1, 0.15) is 30.3 Å². The van der Waals surface area contributed by atoms with Crippen LogP contribution in [0.2, 0.25) is 0 Å². The van der Waals surface area contributed by atoms with E-state index < -0.39 is 10.0 Å². The van der Waals surface area contributed by atoms with E-state index in [9.17, 15) is 12.8 Å². The van der Waals surface area contributed by atoms with Gasteiger partial charge in [-0.15, -0.1) is 0 Å². The number of halogens is 1. The Balaban J connectivity index is 1.17. The van der Waals surface area contributed by atoms with Gasteiger partial charge < -0.3 is 15.2 Å². The van der Waals surface area contributed by atoms with E-state index in [1.54, 1.807) is 28.7 Å². The standard InChI is InChI=1S/C26H29FN8O2S2/c1-18(19-5-7-20(27)8-6-19)35-17-29-14-23(35)22-13-28-12-21-16-33(10-11-34(21)22)39(36,37)25-15-31-26(38-25)32-24-4-2-3-9-30-24/h2-9,14-15,17-18,21-22,28H,10-13,16H2,1H3,(H,30,31,32)/t18-,21?,22?/m1/s1. The second-order valence-corrected chi connectivity index (χ2v) is 12.9. The Labute approximate surface area is 230 Å². The number of sulfonamides is 1. The van der Waals surface area contributed by atoms with Crippen molar-refractivity contribution in [1.82, 2.24) is 34.0 Å². The molecule has 3 aromatic heterocycles. The molecule has 2 aliphatic rings. The molecule has 204 valence electrons. The Morgan fingerprint density at radius 2 is 1.95 bits per heavy atom. The zero-order valence-corrected chi connectivity index (χ0v) is 22.9. The van der Waals surface area contributed by atoms with Gasteiger partial charge in [-0.3, -0.25) is 4.90 Å². The SMILES string of the molecule is C[C@H](c1ccc(F)cc1)n1cncc1C1CNCC2CN(S(=O)(=O)c3cnc(Nc4ccccn4)s3)CCN21. The molecule has 3 atom stereocenters. The number of hydrogen-bond acceptors (Lipinski definition) is 9. The molecule has 39 heavy (non-hydrogen) atoms. The number of nitrogens with one attached hydrogen (secondary N) is 2. The molecule has 2 unspecified atom stereocenters. The molecule has 2 N–H and O–H groups in total. The van der Waals surface area contributed by atoms with E-state index >= 15 is 0 Å². The molecular weight excluding hydrogens is 539 g/mol. The molecule has 6 rings (SSSR count). The zero-order chi connectivity index (χ0) is 27.0. The highest BCUT2D eigenvalue weighted by Gasteiger charge is 2.41. The van der Waals surface area contributed by atoms with Crippen LogP contribution in [-0.4, -0.2) is 75.9 Å². The molecule has 0 aliphatic carbocycles. The van der Waals surface area contributed by atoms with Gasteiger partial charge in [0.2, 0.25) is 0 Å². The van der Waals surface area contributed by atoms with Gasteiger partial charge in [0.1, 0.15) is 11.6 Å². The molecule has 13 heteroatoms. The first-order valence-electron chi connectivity index (χ1n) is 12.8. The number of thiazole rings is 1. The molecule has 10 nitrogen and oxygen atoms in total. The molecule has 2 fully saturated rings. The number of anilines is 2. The number of benzene rings is 1. The van der Waals surface area contributed by atoms with E-state index in [-0.39, 0.29) is 28.2 Å². The van der Waals surface area contributed by atoms with Crippen molar-refractivity contribution in [3.63, 3.8) is 0 Å². The maximum absolute atomic E-state index is 13.5. The third-order valence-electron chi connectivity index (χ3n) is 7.39. The van der Waals surface area contributed by atoms with E-state index in [0.29, 0.717) is 37.1 Å². The fourth-order valence-electron chi connectivity index (χ4n) is 5.34. The van der Waals surface area contributed by atoms with E-state index in [4.69, 9.17) is 0 Å². The molecule has 0 saturated carbocycles. The minimum atomic E-state index is -3.69. The molecule has 5 heterocycles. The second kappa shape index (κ2) is 10.7. The predicted molar refractivity (Wildman–Crippen MR) is 147 cm³/mol. The van der Waals surface area contributed by atoms with Gasteiger partial charge in [0.15, 0.2) is 9.34 Å². The maximum atomic E-state index is 13.5. The number of rotatable bonds is 7. The molecule has 0 amide bonds. The average molecular weight is 569 g/mol. The van der Waals surface area contributed by atoms with Gasteiger partial charge in [0.25, 0.3) is 10.0 Å². The van der Waals surface area contributed by atoms with Crippen molar-refractivity contribution in [1.29, 1.82) is 0 Å².